The molecule has 0 aliphatic heterocycles. The van der Waals surface area contributed by atoms with Crippen LogP contribution in [0.5, 0.6) is 5.75 Å². The van der Waals surface area contributed by atoms with Gasteiger partial charge >= 0.3 is 0 Å². The highest BCUT2D eigenvalue weighted by Crippen LogP contribution is 2.31. The lowest BCUT2D eigenvalue weighted by molar-refractivity contribution is 0.252. The van der Waals surface area contributed by atoms with Crippen molar-refractivity contribution in [3.63, 3.8) is 0 Å². The van der Waals surface area contributed by atoms with Crippen molar-refractivity contribution in [2.75, 3.05) is 0 Å². The van der Waals surface area contributed by atoms with Crippen molar-refractivity contribution in [2.45, 2.75) is 16.9 Å². The molecule has 4 rings (SSSR count). The molecule has 0 N–H and O–H groups in total. The molecular weight excluding hydrogens is 360 g/mol. The van der Waals surface area contributed by atoms with E-state index in [1.807, 2.05) is 42.5 Å². The van der Waals surface area contributed by atoms with Crippen LogP contribution >= 0.6 is 23.4 Å². The summed E-state index contributed by atoms with van der Waals surface area (Å²) in [5, 5.41) is 10.6. The van der Waals surface area contributed by atoms with Crippen LogP contribution in [-0.2, 0) is 6.61 Å². The van der Waals surface area contributed by atoms with Crippen molar-refractivity contribution in [3.8, 4) is 5.75 Å². The number of rotatable bonds is 5. The number of benzene rings is 2. The number of halogens is 1. The van der Waals surface area contributed by atoms with Crippen LogP contribution in [0.2, 0.25) is 5.02 Å². The largest absolute Gasteiger partial charge is 0.484 e. The van der Waals surface area contributed by atoms with Gasteiger partial charge in [0.1, 0.15) is 17.1 Å². The summed E-state index contributed by atoms with van der Waals surface area (Å²) in [6, 6.07) is 14.9. The Labute approximate surface area is 152 Å². The van der Waals surface area contributed by atoms with Gasteiger partial charge in [-0.15, -0.1) is 10.2 Å². The van der Waals surface area contributed by atoms with E-state index in [0.29, 0.717) is 21.2 Å². The van der Waals surface area contributed by atoms with Gasteiger partial charge in [0.25, 0.3) is 11.1 Å². The van der Waals surface area contributed by atoms with E-state index in [4.69, 9.17) is 20.8 Å². The molecule has 25 heavy (non-hydrogen) atoms. The molecule has 0 bridgehead atoms. The second kappa shape index (κ2) is 7.08. The van der Waals surface area contributed by atoms with Crippen LogP contribution in [0.25, 0.3) is 10.9 Å². The molecule has 2 aromatic heterocycles. The molecule has 0 aliphatic carbocycles. The van der Waals surface area contributed by atoms with Gasteiger partial charge in [-0.05, 0) is 42.1 Å². The number of ether oxygens (including phenoxy) is 1. The minimum Gasteiger partial charge on any atom is -0.484 e. The second-order valence-electron chi connectivity index (χ2n) is 5.01. The Balaban J connectivity index is 1.51. The third-order valence-corrected chi connectivity index (χ3v) is 4.39. The summed E-state index contributed by atoms with van der Waals surface area (Å²) >= 11 is 7.33. The number of hydrogen-bond acceptors (Lipinski definition) is 7. The van der Waals surface area contributed by atoms with E-state index in [0.717, 1.165) is 16.7 Å². The van der Waals surface area contributed by atoms with Crippen LogP contribution in [0.4, 0.5) is 0 Å². The molecule has 0 saturated carbocycles. The zero-order chi connectivity index (χ0) is 17.1. The first kappa shape index (κ1) is 15.9. The fraction of sp³-hybridized carbons (Fsp3) is 0.0588. The van der Waals surface area contributed by atoms with Crippen molar-refractivity contribution < 1.29 is 9.15 Å². The van der Waals surface area contributed by atoms with E-state index in [-0.39, 0.29) is 6.61 Å². The van der Waals surface area contributed by atoms with Crippen LogP contribution in [0.15, 0.2) is 69.5 Å². The van der Waals surface area contributed by atoms with Gasteiger partial charge in [-0.1, -0.05) is 29.8 Å². The predicted octanol–water partition coefficient (Wildman–Crippen LogP) is 4.40. The maximum Gasteiger partial charge on any atom is 0.283 e. The highest BCUT2D eigenvalue weighted by atomic mass is 35.5. The van der Waals surface area contributed by atoms with Gasteiger partial charge in [-0.3, -0.25) is 0 Å². The second-order valence-corrected chi connectivity index (χ2v) is 6.38. The molecule has 2 aromatic carbocycles. The van der Waals surface area contributed by atoms with E-state index in [1.54, 1.807) is 6.07 Å². The zero-order valence-corrected chi connectivity index (χ0v) is 14.4. The molecule has 0 saturated heterocycles. The lowest BCUT2D eigenvalue weighted by Crippen LogP contribution is -1.95. The molecule has 0 atom stereocenters. The molecule has 0 fully saturated rings. The summed E-state index contributed by atoms with van der Waals surface area (Å²) in [5.41, 5.74) is 0.800. The third kappa shape index (κ3) is 3.72. The zero-order valence-electron chi connectivity index (χ0n) is 12.8. The topological polar surface area (TPSA) is 73.9 Å². The number of nitrogens with zero attached hydrogens (tertiary/aromatic N) is 4. The van der Waals surface area contributed by atoms with E-state index in [1.165, 1.54) is 18.1 Å². The molecule has 0 unspecified atom stereocenters. The van der Waals surface area contributed by atoms with E-state index in [9.17, 15) is 0 Å². The van der Waals surface area contributed by atoms with Gasteiger partial charge in [-0.25, -0.2) is 9.97 Å². The molecule has 124 valence electrons. The van der Waals surface area contributed by atoms with Gasteiger partial charge in [0.2, 0.25) is 0 Å². The van der Waals surface area contributed by atoms with Crippen molar-refractivity contribution in [2.24, 2.45) is 0 Å². The highest BCUT2D eigenvalue weighted by molar-refractivity contribution is 7.99. The number of hydrogen-bond donors (Lipinski definition) is 0. The number of aromatic nitrogens is 4. The molecular formula is C17H11ClN4O2S. The average Bonchev–Trinajstić information content (AvgIpc) is 3.09. The monoisotopic (exact) mass is 370 g/mol. The quantitative estimate of drug-likeness (QED) is 0.482. The maximum absolute atomic E-state index is 6.06. The van der Waals surface area contributed by atoms with Crippen molar-refractivity contribution >= 4 is 34.3 Å². The Morgan fingerprint density at radius 1 is 1.04 bits per heavy atom. The van der Waals surface area contributed by atoms with Crippen molar-refractivity contribution in [1.82, 2.24) is 20.2 Å². The highest BCUT2D eigenvalue weighted by Gasteiger charge is 2.12. The summed E-state index contributed by atoms with van der Waals surface area (Å²) in [4.78, 5) is 8.50. The van der Waals surface area contributed by atoms with E-state index in [2.05, 4.69) is 20.2 Å². The van der Waals surface area contributed by atoms with Gasteiger partial charge < -0.3 is 9.15 Å². The van der Waals surface area contributed by atoms with E-state index >= 15 is 0 Å². The lowest BCUT2D eigenvalue weighted by atomic mass is 10.2. The molecule has 2 heterocycles. The van der Waals surface area contributed by atoms with Gasteiger partial charge in [0.05, 0.1) is 5.52 Å². The molecule has 8 heteroatoms. The maximum atomic E-state index is 6.06. The number of fused-ring (bicyclic) bond motifs is 1. The average molecular weight is 371 g/mol. The SMILES string of the molecule is Clc1ccc2ncnc(Sc3nnc(COc4ccccc4)o3)c2c1. The van der Waals surface area contributed by atoms with Gasteiger partial charge in [0, 0.05) is 10.4 Å². The Morgan fingerprint density at radius 2 is 1.92 bits per heavy atom. The normalized spacial score (nSPS) is 10.9. The smallest absolute Gasteiger partial charge is 0.283 e. The first-order chi connectivity index (χ1) is 12.3. The summed E-state index contributed by atoms with van der Waals surface area (Å²) in [6.45, 7) is 0.202. The van der Waals surface area contributed by atoms with Crippen molar-refractivity contribution in [3.05, 3.63) is 65.8 Å². The van der Waals surface area contributed by atoms with Crippen LogP contribution < -0.4 is 4.74 Å². The fourth-order valence-corrected chi connectivity index (χ4v) is 3.10. The molecule has 4 aromatic rings. The lowest BCUT2D eigenvalue weighted by Gasteiger charge is -2.02. The standard InChI is InChI=1S/C17H11ClN4O2S/c18-11-6-7-14-13(8-11)16(20-10-19-14)25-17-22-21-15(24-17)9-23-12-4-2-1-3-5-12/h1-8,10H,9H2. The van der Waals surface area contributed by atoms with Gasteiger partial charge in [0.15, 0.2) is 6.61 Å². The molecule has 0 aliphatic rings. The summed E-state index contributed by atoms with van der Waals surface area (Å²) in [7, 11) is 0. The van der Waals surface area contributed by atoms with Crippen LogP contribution in [0.3, 0.4) is 0 Å². The van der Waals surface area contributed by atoms with Gasteiger partial charge in [-0.2, -0.15) is 0 Å². The van der Waals surface area contributed by atoms with Crippen molar-refractivity contribution in [1.29, 1.82) is 0 Å². The van der Waals surface area contributed by atoms with Crippen LogP contribution in [0, 0.1) is 0 Å². The summed E-state index contributed by atoms with van der Waals surface area (Å²) in [5.74, 6) is 1.13. The fourth-order valence-electron chi connectivity index (χ4n) is 2.17. The van der Waals surface area contributed by atoms with Crippen LogP contribution in [0.1, 0.15) is 5.89 Å². The summed E-state index contributed by atoms with van der Waals surface area (Å²) in [6.07, 6.45) is 1.49. The Hall–Kier alpha value is -2.64. The molecule has 6 nitrogen and oxygen atoms in total. The minimum absolute atomic E-state index is 0.202. The molecule has 0 spiro atoms. The predicted molar refractivity (Wildman–Crippen MR) is 93.7 cm³/mol. The molecule has 0 amide bonds. The minimum atomic E-state index is 0.202. The molecule has 0 radical (unpaired) electrons. The van der Waals surface area contributed by atoms with E-state index < -0.39 is 0 Å². The Morgan fingerprint density at radius 3 is 2.80 bits per heavy atom. The first-order valence-electron chi connectivity index (χ1n) is 7.36. The third-order valence-electron chi connectivity index (χ3n) is 3.30. The Bertz CT molecular complexity index is 1010. The van der Waals surface area contributed by atoms with Crippen LogP contribution in [-0.4, -0.2) is 20.2 Å². The Kier molecular flexibility index (Phi) is 4.49. The summed E-state index contributed by atoms with van der Waals surface area (Å²) < 4.78 is 11.2. The number of para-hydroxylation sites is 1. The first-order valence-corrected chi connectivity index (χ1v) is 8.56.